The van der Waals surface area contributed by atoms with Gasteiger partial charge in [0.25, 0.3) is 0 Å². The lowest BCUT2D eigenvalue weighted by molar-refractivity contribution is -0.149. The molecule has 21 heavy (non-hydrogen) atoms. The Labute approximate surface area is 123 Å². The molecule has 2 atom stereocenters. The van der Waals surface area contributed by atoms with Crippen molar-refractivity contribution >= 4 is 12.1 Å². The number of aliphatic hydroxyl groups excluding tert-OH is 1. The van der Waals surface area contributed by atoms with E-state index in [9.17, 15) is 14.7 Å². The first-order chi connectivity index (χ1) is 10.1. The average Bonchev–Trinajstić information content (AvgIpc) is 2.88. The smallest absolute Gasteiger partial charge is 0.412 e. The number of rotatable bonds is 4. The number of nitrogens with zero attached hydrogens (tertiary/aromatic N) is 1. The number of aliphatic hydroxyl groups is 1. The molecule has 2 rings (SSSR count). The van der Waals surface area contributed by atoms with Gasteiger partial charge in [0.2, 0.25) is 0 Å². The summed E-state index contributed by atoms with van der Waals surface area (Å²) in [5.41, 5.74) is 0.840. The molecule has 0 bridgehead atoms. The molecule has 1 aromatic rings. The number of amides is 1. The summed E-state index contributed by atoms with van der Waals surface area (Å²) in [5.74, 6) is -0.509. The third kappa shape index (κ3) is 3.72. The van der Waals surface area contributed by atoms with Crippen molar-refractivity contribution in [1.29, 1.82) is 0 Å². The fourth-order valence-electron chi connectivity index (χ4n) is 2.31. The van der Waals surface area contributed by atoms with E-state index in [1.807, 2.05) is 30.3 Å². The molecule has 6 nitrogen and oxygen atoms in total. The number of carbonyl (C=O) groups excluding carboxylic acids is 2. The average molecular weight is 293 g/mol. The van der Waals surface area contributed by atoms with Crippen LogP contribution >= 0.6 is 0 Å². The van der Waals surface area contributed by atoms with Crippen LogP contribution in [0.3, 0.4) is 0 Å². The highest BCUT2D eigenvalue weighted by Gasteiger charge is 2.42. The van der Waals surface area contributed by atoms with Crippen LogP contribution in [-0.4, -0.2) is 40.9 Å². The lowest BCUT2D eigenvalue weighted by Gasteiger charge is -2.25. The summed E-state index contributed by atoms with van der Waals surface area (Å²) >= 11 is 0. The fourth-order valence-corrected chi connectivity index (χ4v) is 2.31. The van der Waals surface area contributed by atoms with Gasteiger partial charge in [-0.15, -0.1) is 0 Å². The Hall–Kier alpha value is -2.08. The molecule has 0 spiro atoms. The first-order valence-corrected chi connectivity index (χ1v) is 6.97. The van der Waals surface area contributed by atoms with Gasteiger partial charge in [0.1, 0.15) is 18.9 Å². The zero-order chi connectivity index (χ0) is 15.2. The van der Waals surface area contributed by atoms with Crippen LogP contribution in [0.1, 0.15) is 25.3 Å². The van der Waals surface area contributed by atoms with Crippen molar-refractivity contribution < 1.29 is 24.2 Å². The van der Waals surface area contributed by atoms with Crippen molar-refractivity contribution in [2.75, 3.05) is 6.61 Å². The van der Waals surface area contributed by atoms with Crippen molar-refractivity contribution in [2.24, 2.45) is 0 Å². The van der Waals surface area contributed by atoms with Gasteiger partial charge >= 0.3 is 12.1 Å². The summed E-state index contributed by atoms with van der Waals surface area (Å²) in [7, 11) is 0. The highest BCUT2D eigenvalue weighted by atomic mass is 16.6. The van der Waals surface area contributed by atoms with Crippen LogP contribution in [0.15, 0.2) is 30.3 Å². The van der Waals surface area contributed by atoms with E-state index in [0.717, 1.165) is 10.5 Å². The normalized spacial score (nSPS) is 21.1. The van der Waals surface area contributed by atoms with Crippen LogP contribution in [0.2, 0.25) is 0 Å². The molecule has 1 heterocycles. The molecule has 1 aliphatic rings. The van der Waals surface area contributed by atoms with Gasteiger partial charge in [-0.1, -0.05) is 30.3 Å². The van der Waals surface area contributed by atoms with Crippen LogP contribution < -0.4 is 0 Å². The van der Waals surface area contributed by atoms with E-state index in [1.54, 1.807) is 6.92 Å². The van der Waals surface area contributed by atoms with E-state index >= 15 is 0 Å². The maximum absolute atomic E-state index is 12.1. The van der Waals surface area contributed by atoms with Gasteiger partial charge in [-0.2, -0.15) is 0 Å². The number of likely N-dealkylation sites (tertiary alicyclic amines) is 1. The summed E-state index contributed by atoms with van der Waals surface area (Å²) < 4.78 is 10.1. The van der Waals surface area contributed by atoms with Gasteiger partial charge in [0, 0.05) is 0 Å². The second-order valence-corrected chi connectivity index (χ2v) is 4.77. The van der Waals surface area contributed by atoms with E-state index in [-0.39, 0.29) is 13.2 Å². The summed E-state index contributed by atoms with van der Waals surface area (Å²) in [5, 5.41) is 9.86. The highest BCUT2D eigenvalue weighted by Crippen LogP contribution is 2.24. The van der Waals surface area contributed by atoms with Crippen molar-refractivity contribution in [3.63, 3.8) is 0 Å². The molecule has 1 N–H and O–H groups in total. The highest BCUT2D eigenvalue weighted by molar-refractivity contribution is 5.82. The number of benzene rings is 1. The Balaban J connectivity index is 1.97. The lowest BCUT2D eigenvalue weighted by atomic mass is 10.2. The van der Waals surface area contributed by atoms with Gasteiger partial charge in [-0.3, -0.25) is 4.90 Å². The molecule has 0 aromatic heterocycles. The second kappa shape index (κ2) is 7.08. The predicted molar refractivity (Wildman–Crippen MR) is 74.1 cm³/mol. The lowest BCUT2D eigenvalue weighted by Crippen LogP contribution is -2.45. The summed E-state index contributed by atoms with van der Waals surface area (Å²) in [6, 6.07) is 8.44. The van der Waals surface area contributed by atoms with Crippen molar-refractivity contribution in [1.82, 2.24) is 4.90 Å². The van der Waals surface area contributed by atoms with E-state index in [2.05, 4.69) is 0 Å². The molecule has 6 heteroatoms. The molecule has 1 saturated heterocycles. The minimum absolute atomic E-state index is 0.0957. The topological polar surface area (TPSA) is 76.1 Å². The van der Waals surface area contributed by atoms with E-state index in [0.29, 0.717) is 12.8 Å². The van der Waals surface area contributed by atoms with Crippen LogP contribution in [0, 0.1) is 0 Å². The number of carbonyl (C=O) groups is 2. The van der Waals surface area contributed by atoms with Gasteiger partial charge in [-0.25, -0.2) is 9.59 Å². The van der Waals surface area contributed by atoms with Crippen LogP contribution in [-0.2, 0) is 20.9 Å². The molecule has 1 unspecified atom stereocenters. The summed E-state index contributed by atoms with van der Waals surface area (Å²) in [6.45, 7) is 2.03. The van der Waals surface area contributed by atoms with Crippen molar-refractivity contribution in [2.45, 2.75) is 38.6 Å². The molecular weight excluding hydrogens is 274 g/mol. The Morgan fingerprint density at radius 1 is 1.24 bits per heavy atom. The second-order valence-electron chi connectivity index (χ2n) is 4.77. The zero-order valence-corrected chi connectivity index (χ0v) is 11.9. The minimum atomic E-state index is -1.01. The maximum Gasteiger partial charge on any atom is 0.412 e. The van der Waals surface area contributed by atoms with Crippen LogP contribution in [0.4, 0.5) is 4.79 Å². The Kier molecular flexibility index (Phi) is 5.16. The largest absolute Gasteiger partial charge is 0.464 e. The molecule has 0 saturated carbocycles. The van der Waals surface area contributed by atoms with Crippen LogP contribution in [0.5, 0.6) is 0 Å². The first kappa shape index (κ1) is 15.3. The molecular formula is C15H19NO5. The fraction of sp³-hybridized carbons (Fsp3) is 0.467. The first-order valence-electron chi connectivity index (χ1n) is 6.97. The third-order valence-corrected chi connectivity index (χ3v) is 3.33. The Morgan fingerprint density at radius 2 is 1.95 bits per heavy atom. The Bertz CT molecular complexity index is 490. The summed E-state index contributed by atoms with van der Waals surface area (Å²) in [4.78, 5) is 24.9. The molecule has 1 aliphatic heterocycles. The predicted octanol–water partition coefficient (Wildman–Crippen LogP) is 1.67. The molecule has 1 aromatic carbocycles. The SMILES string of the molecule is CCOC(=O)[C@@H]1CCC(O)N1C(=O)OCc1ccccc1. The maximum atomic E-state index is 12.1. The standard InChI is InChI=1S/C15H19NO5/c1-2-20-14(18)12-8-9-13(17)16(12)15(19)21-10-11-6-4-3-5-7-11/h3-7,12-13,17H,2,8-10H2,1H3/t12-,13?/m0/s1. The van der Waals surface area contributed by atoms with Gasteiger partial charge in [-0.05, 0) is 25.3 Å². The quantitative estimate of drug-likeness (QED) is 0.855. The number of ether oxygens (including phenoxy) is 2. The van der Waals surface area contributed by atoms with E-state index in [4.69, 9.17) is 9.47 Å². The molecule has 1 amide bonds. The van der Waals surface area contributed by atoms with Crippen molar-refractivity contribution in [3.8, 4) is 0 Å². The van der Waals surface area contributed by atoms with Crippen molar-refractivity contribution in [3.05, 3.63) is 35.9 Å². The Morgan fingerprint density at radius 3 is 2.62 bits per heavy atom. The summed E-state index contributed by atoms with van der Waals surface area (Å²) in [6.07, 6.45) is -1.01. The molecule has 1 fully saturated rings. The number of hydrogen-bond acceptors (Lipinski definition) is 5. The van der Waals surface area contributed by atoms with Crippen LogP contribution in [0.25, 0.3) is 0 Å². The zero-order valence-electron chi connectivity index (χ0n) is 11.9. The van der Waals surface area contributed by atoms with Gasteiger partial charge in [0.05, 0.1) is 6.61 Å². The van der Waals surface area contributed by atoms with E-state index < -0.39 is 24.3 Å². The van der Waals surface area contributed by atoms with Gasteiger partial charge in [0.15, 0.2) is 0 Å². The monoisotopic (exact) mass is 293 g/mol. The molecule has 0 aliphatic carbocycles. The number of hydrogen-bond donors (Lipinski definition) is 1. The third-order valence-electron chi connectivity index (χ3n) is 3.33. The molecule has 114 valence electrons. The molecule has 0 radical (unpaired) electrons. The van der Waals surface area contributed by atoms with Gasteiger partial charge < -0.3 is 14.6 Å². The minimum Gasteiger partial charge on any atom is -0.464 e. The van der Waals surface area contributed by atoms with E-state index in [1.165, 1.54) is 0 Å². The number of esters is 1.